The summed E-state index contributed by atoms with van der Waals surface area (Å²) < 4.78 is 5.83. The molecule has 2 N–H and O–H groups in total. The van der Waals surface area contributed by atoms with Gasteiger partial charge in [0.1, 0.15) is 5.75 Å². The Labute approximate surface area is 137 Å². The molecule has 1 aromatic carbocycles. The van der Waals surface area contributed by atoms with Crippen LogP contribution >= 0.6 is 11.6 Å². The fourth-order valence-electron chi connectivity index (χ4n) is 2.88. The zero-order chi connectivity index (χ0) is 16.3. The summed E-state index contributed by atoms with van der Waals surface area (Å²) in [5.41, 5.74) is 6.91. The normalized spacial score (nSPS) is 21.3. The molecule has 0 saturated carbocycles. The fourth-order valence-corrected chi connectivity index (χ4v) is 3.11. The smallest absolute Gasteiger partial charge is 0.263 e. The van der Waals surface area contributed by atoms with E-state index in [0.717, 1.165) is 31.5 Å². The van der Waals surface area contributed by atoms with Crippen LogP contribution in [0.2, 0.25) is 5.02 Å². The van der Waals surface area contributed by atoms with Gasteiger partial charge in [-0.1, -0.05) is 11.6 Å². The van der Waals surface area contributed by atoms with E-state index in [-0.39, 0.29) is 11.9 Å². The van der Waals surface area contributed by atoms with E-state index in [9.17, 15) is 4.79 Å². The number of nitrogens with zero attached hydrogens (tertiary/aromatic N) is 1. The molecule has 122 valence electrons. The van der Waals surface area contributed by atoms with Crippen molar-refractivity contribution >= 4 is 17.5 Å². The van der Waals surface area contributed by atoms with Crippen molar-refractivity contribution < 1.29 is 9.53 Å². The van der Waals surface area contributed by atoms with Crippen LogP contribution in [0.1, 0.15) is 32.3 Å². The number of rotatable bonds is 4. The number of aryl methyl sites for hydroxylation is 1. The van der Waals surface area contributed by atoms with Gasteiger partial charge in [-0.25, -0.2) is 0 Å². The number of halogens is 1. The molecule has 5 heteroatoms. The number of piperidine rings is 1. The Balaban J connectivity index is 1.99. The molecule has 4 nitrogen and oxygen atoms in total. The van der Waals surface area contributed by atoms with Crippen molar-refractivity contribution in [1.82, 2.24) is 4.90 Å². The van der Waals surface area contributed by atoms with Gasteiger partial charge in [0.25, 0.3) is 5.91 Å². The van der Waals surface area contributed by atoms with Crippen LogP contribution in [-0.2, 0) is 4.79 Å². The summed E-state index contributed by atoms with van der Waals surface area (Å²) in [6.07, 6.45) is 1.59. The van der Waals surface area contributed by atoms with Gasteiger partial charge in [0, 0.05) is 24.2 Å². The first-order chi connectivity index (χ1) is 10.4. The highest BCUT2D eigenvalue weighted by Gasteiger charge is 2.29. The number of carbonyl (C=O) groups is 1. The van der Waals surface area contributed by atoms with Crippen molar-refractivity contribution in [3.63, 3.8) is 0 Å². The highest BCUT2D eigenvalue weighted by Crippen LogP contribution is 2.24. The molecule has 1 aliphatic heterocycles. The highest BCUT2D eigenvalue weighted by molar-refractivity contribution is 6.30. The number of nitrogens with two attached hydrogens (primary N) is 1. The summed E-state index contributed by atoms with van der Waals surface area (Å²) in [4.78, 5) is 14.5. The van der Waals surface area contributed by atoms with Gasteiger partial charge in [0.2, 0.25) is 0 Å². The number of hydrogen-bond acceptors (Lipinski definition) is 3. The van der Waals surface area contributed by atoms with Crippen LogP contribution in [-0.4, -0.2) is 36.0 Å². The predicted molar refractivity (Wildman–Crippen MR) is 89.2 cm³/mol. The molecule has 1 fully saturated rings. The second kappa shape index (κ2) is 7.34. The van der Waals surface area contributed by atoms with Crippen LogP contribution in [0, 0.1) is 12.8 Å². The van der Waals surface area contributed by atoms with Gasteiger partial charge in [-0.15, -0.1) is 0 Å². The van der Waals surface area contributed by atoms with Crippen LogP contribution in [0.4, 0.5) is 0 Å². The maximum atomic E-state index is 12.6. The second-order valence-electron chi connectivity index (χ2n) is 6.22. The average Bonchev–Trinajstić information content (AvgIpc) is 2.49. The minimum Gasteiger partial charge on any atom is -0.481 e. The standard InChI is InChI=1S/C17H25ClN2O2/c1-11-9-15(18)6-7-16(11)22-13(3)17(21)20-8-4-5-14(10-20)12(2)19/h6-7,9,12-14H,4-5,8,10,19H2,1-3H3/t12-,13-,14-/m1/s1. The Morgan fingerprint density at radius 2 is 2.18 bits per heavy atom. The van der Waals surface area contributed by atoms with Gasteiger partial charge in [-0.3, -0.25) is 4.79 Å². The molecule has 1 amide bonds. The molecular formula is C17H25ClN2O2. The topological polar surface area (TPSA) is 55.6 Å². The first-order valence-electron chi connectivity index (χ1n) is 7.85. The summed E-state index contributed by atoms with van der Waals surface area (Å²) in [5.74, 6) is 1.10. The Morgan fingerprint density at radius 1 is 1.45 bits per heavy atom. The van der Waals surface area contributed by atoms with Crippen LogP contribution in [0.15, 0.2) is 18.2 Å². The molecule has 0 unspecified atom stereocenters. The zero-order valence-electron chi connectivity index (χ0n) is 13.5. The lowest BCUT2D eigenvalue weighted by molar-refractivity contribution is -0.139. The molecule has 0 aliphatic carbocycles. The number of likely N-dealkylation sites (tertiary alicyclic amines) is 1. The van der Waals surface area contributed by atoms with Gasteiger partial charge >= 0.3 is 0 Å². The van der Waals surface area contributed by atoms with Crippen molar-refractivity contribution in [2.75, 3.05) is 13.1 Å². The third-order valence-electron chi connectivity index (χ3n) is 4.30. The monoisotopic (exact) mass is 324 g/mol. The lowest BCUT2D eigenvalue weighted by atomic mass is 9.92. The minimum absolute atomic E-state index is 0.0275. The molecule has 1 saturated heterocycles. The molecule has 0 spiro atoms. The van der Waals surface area contributed by atoms with E-state index < -0.39 is 6.10 Å². The van der Waals surface area contributed by atoms with E-state index in [1.165, 1.54) is 0 Å². The van der Waals surface area contributed by atoms with Crippen molar-refractivity contribution in [3.8, 4) is 5.75 Å². The summed E-state index contributed by atoms with van der Waals surface area (Å²) >= 11 is 5.94. The predicted octanol–water partition coefficient (Wildman–Crippen LogP) is 3.00. The van der Waals surface area contributed by atoms with Crippen LogP contribution in [0.5, 0.6) is 5.75 Å². The van der Waals surface area contributed by atoms with Gasteiger partial charge in [0.05, 0.1) is 0 Å². The van der Waals surface area contributed by atoms with Gasteiger partial charge in [-0.2, -0.15) is 0 Å². The van der Waals surface area contributed by atoms with Crippen LogP contribution < -0.4 is 10.5 Å². The lowest BCUT2D eigenvalue weighted by Crippen LogP contribution is -2.48. The molecule has 0 aromatic heterocycles. The largest absolute Gasteiger partial charge is 0.481 e. The number of carbonyl (C=O) groups excluding carboxylic acids is 1. The first-order valence-corrected chi connectivity index (χ1v) is 8.23. The Hall–Kier alpha value is -1.26. The molecule has 2 rings (SSSR count). The summed E-state index contributed by atoms with van der Waals surface area (Å²) in [7, 11) is 0. The molecule has 1 aromatic rings. The number of benzene rings is 1. The van der Waals surface area contributed by atoms with Crippen molar-refractivity contribution in [1.29, 1.82) is 0 Å². The van der Waals surface area contributed by atoms with Crippen molar-refractivity contribution in [3.05, 3.63) is 28.8 Å². The molecule has 3 atom stereocenters. The molecule has 1 heterocycles. The Bertz CT molecular complexity index is 533. The van der Waals surface area contributed by atoms with Crippen molar-refractivity contribution in [2.24, 2.45) is 11.7 Å². The first kappa shape index (κ1) is 17.1. The van der Waals surface area contributed by atoms with E-state index in [4.69, 9.17) is 22.1 Å². The molecular weight excluding hydrogens is 300 g/mol. The molecule has 22 heavy (non-hydrogen) atoms. The molecule has 0 radical (unpaired) electrons. The summed E-state index contributed by atoms with van der Waals surface area (Å²) in [5, 5.41) is 0.666. The highest BCUT2D eigenvalue weighted by atomic mass is 35.5. The number of amides is 1. The third-order valence-corrected chi connectivity index (χ3v) is 4.54. The summed E-state index contributed by atoms with van der Waals surface area (Å²) in [6.45, 7) is 7.24. The van der Waals surface area contributed by atoms with Gasteiger partial charge in [0.15, 0.2) is 6.10 Å². The fraction of sp³-hybridized carbons (Fsp3) is 0.588. The van der Waals surface area contributed by atoms with Crippen molar-refractivity contribution in [2.45, 2.75) is 45.8 Å². The van der Waals surface area contributed by atoms with Crippen LogP contribution in [0.3, 0.4) is 0 Å². The lowest BCUT2D eigenvalue weighted by Gasteiger charge is -2.36. The maximum Gasteiger partial charge on any atom is 0.263 e. The Kier molecular flexibility index (Phi) is 5.70. The number of ether oxygens (including phenoxy) is 1. The zero-order valence-corrected chi connectivity index (χ0v) is 14.3. The second-order valence-corrected chi connectivity index (χ2v) is 6.65. The minimum atomic E-state index is -0.508. The van der Waals surface area contributed by atoms with E-state index in [1.54, 1.807) is 13.0 Å². The van der Waals surface area contributed by atoms with E-state index in [1.807, 2.05) is 30.9 Å². The van der Waals surface area contributed by atoms with Gasteiger partial charge < -0.3 is 15.4 Å². The summed E-state index contributed by atoms with van der Waals surface area (Å²) in [6, 6.07) is 5.53. The van der Waals surface area contributed by atoms with E-state index in [0.29, 0.717) is 16.7 Å². The molecule has 1 aliphatic rings. The maximum absolute atomic E-state index is 12.6. The quantitative estimate of drug-likeness (QED) is 0.926. The average molecular weight is 325 g/mol. The number of hydrogen-bond donors (Lipinski definition) is 1. The van der Waals surface area contributed by atoms with E-state index in [2.05, 4.69) is 0 Å². The molecule has 0 bridgehead atoms. The third kappa shape index (κ3) is 4.14. The Morgan fingerprint density at radius 3 is 2.82 bits per heavy atom. The van der Waals surface area contributed by atoms with Crippen LogP contribution in [0.25, 0.3) is 0 Å². The van der Waals surface area contributed by atoms with E-state index >= 15 is 0 Å². The SMILES string of the molecule is Cc1cc(Cl)ccc1O[C@H](C)C(=O)N1CCC[C@@H]([C@@H](C)N)C1. The van der Waals surface area contributed by atoms with Gasteiger partial charge in [-0.05, 0) is 63.3 Å².